The van der Waals surface area contributed by atoms with E-state index in [9.17, 15) is 13.2 Å². The second-order valence-electron chi connectivity index (χ2n) is 7.13. The molecule has 1 fully saturated rings. The highest BCUT2D eigenvalue weighted by molar-refractivity contribution is 7.91. The summed E-state index contributed by atoms with van der Waals surface area (Å²) < 4.78 is 25.0. The summed E-state index contributed by atoms with van der Waals surface area (Å²) in [5.74, 6) is -0.253. The van der Waals surface area contributed by atoms with E-state index >= 15 is 0 Å². The Balaban J connectivity index is 1.63. The Labute approximate surface area is 161 Å². The fraction of sp³-hybridized carbons (Fsp3) is 0.381. The summed E-state index contributed by atoms with van der Waals surface area (Å²) in [6, 6.07) is 17.0. The Morgan fingerprint density at radius 2 is 1.70 bits per heavy atom. The quantitative estimate of drug-likeness (QED) is 0.793. The summed E-state index contributed by atoms with van der Waals surface area (Å²) >= 11 is 0. The van der Waals surface area contributed by atoms with E-state index < -0.39 is 9.84 Å². The molecule has 1 aliphatic heterocycles. The van der Waals surface area contributed by atoms with Gasteiger partial charge in [-0.3, -0.25) is 9.69 Å². The number of piperazine rings is 1. The highest BCUT2D eigenvalue weighted by Crippen LogP contribution is 2.24. The first kappa shape index (κ1) is 19.6. The molecular weight excluding hydrogens is 360 g/mol. The van der Waals surface area contributed by atoms with Gasteiger partial charge in [-0.15, -0.1) is 0 Å². The molecule has 2 aromatic carbocycles. The van der Waals surface area contributed by atoms with Gasteiger partial charge < -0.3 is 4.90 Å². The van der Waals surface area contributed by atoms with Gasteiger partial charge in [0.2, 0.25) is 5.91 Å². The van der Waals surface area contributed by atoms with Crippen molar-refractivity contribution in [3.8, 4) is 0 Å². The van der Waals surface area contributed by atoms with Gasteiger partial charge in [0.15, 0.2) is 9.84 Å². The average molecular weight is 387 g/mol. The zero-order valence-electron chi connectivity index (χ0n) is 15.8. The lowest BCUT2D eigenvalue weighted by molar-refractivity contribution is -0.133. The summed E-state index contributed by atoms with van der Waals surface area (Å²) in [6.07, 6.45) is 0.0153. The molecule has 0 aromatic heterocycles. The molecule has 1 saturated heterocycles. The van der Waals surface area contributed by atoms with Crippen molar-refractivity contribution in [2.75, 3.05) is 32.4 Å². The van der Waals surface area contributed by atoms with Crippen LogP contribution in [-0.2, 0) is 14.6 Å². The second-order valence-corrected chi connectivity index (χ2v) is 9.24. The van der Waals surface area contributed by atoms with Gasteiger partial charge in [0.1, 0.15) is 0 Å². The van der Waals surface area contributed by atoms with E-state index in [1.165, 1.54) is 5.56 Å². The zero-order chi connectivity index (χ0) is 19.4. The topological polar surface area (TPSA) is 57.7 Å². The third-order valence-corrected chi connectivity index (χ3v) is 6.88. The number of rotatable bonds is 5. The fourth-order valence-electron chi connectivity index (χ4n) is 3.38. The lowest BCUT2D eigenvalue weighted by atomic mass is 10.0. The van der Waals surface area contributed by atoms with E-state index in [-0.39, 0.29) is 29.0 Å². The van der Waals surface area contributed by atoms with E-state index in [0.29, 0.717) is 13.1 Å². The van der Waals surface area contributed by atoms with Gasteiger partial charge in [0, 0.05) is 26.1 Å². The third-order valence-electron chi connectivity index (χ3n) is 5.15. The van der Waals surface area contributed by atoms with Crippen LogP contribution in [0, 0.1) is 6.92 Å². The van der Waals surface area contributed by atoms with Crippen molar-refractivity contribution in [1.29, 1.82) is 0 Å². The van der Waals surface area contributed by atoms with Gasteiger partial charge in [0.05, 0.1) is 16.7 Å². The number of carbonyl (C=O) groups is 1. The van der Waals surface area contributed by atoms with E-state index in [1.54, 1.807) is 29.2 Å². The lowest BCUT2D eigenvalue weighted by Crippen LogP contribution is -2.49. The number of sulfone groups is 1. The van der Waals surface area contributed by atoms with Gasteiger partial charge in [-0.05, 0) is 31.7 Å². The van der Waals surface area contributed by atoms with Gasteiger partial charge in [0.25, 0.3) is 0 Å². The van der Waals surface area contributed by atoms with Gasteiger partial charge in [-0.25, -0.2) is 8.42 Å². The molecule has 1 amide bonds. The van der Waals surface area contributed by atoms with Crippen LogP contribution in [-0.4, -0.2) is 56.6 Å². The van der Waals surface area contributed by atoms with Crippen LogP contribution in [0.25, 0.3) is 0 Å². The summed E-state index contributed by atoms with van der Waals surface area (Å²) in [5, 5.41) is 0. The van der Waals surface area contributed by atoms with E-state index in [1.807, 2.05) is 25.1 Å². The van der Waals surface area contributed by atoms with Crippen molar-refractivity contribution in [3.63, 3.8) is 0 Å². The van der Waals surface area contributed by atoms with Crippen LogP contribution in [0.5, 0.6) is 0 Å². The molecule has 0 aliphatic carbocycles. The molecule has 1 unspecified atom stereocenters. The SMILES string of the molecule is Cc1ccc(S(=O)(=O)CCC(=O)N2CCN(C)C(c3ccccc3)C2)cc1. The molecule has 0 saturated carbocycles. The third kappa shape index (κ3) is 4.76. The second kappa shape index (κ2) is 8.23. The minimum absolute atomic E-state index is 0.0153. The maximum absolute atomic E-state index is 12.7. The molecular formula is C21H26N2O3S. The van der Waals surface area contributed by atoms with E-state index in [4.69, 9.17) is 0 Å². The number of hydrogen-bond donors (Lipinski definition) is 0. The number of benzene rings is 2. The van der Waals surface area contributed by atoms with Crippen LogP contribution in [0.3, 0.4) is 0 Å². The first-order valence-electron chi connectivity index (χ1n) is 9.19. The number of nitrogens with zero attached hydrogens (tertiary/aromatic N) is 2. The molecule has 5 nitrogen and oxygen atoms in total. The Hall–Kier alpha value is -2.18. The Morgan fingerprint density at radius 3 is 2.37 bits per heavy atom. The number of carbonyl (C=O) groups excluding carboxylic acids is 1. The summed E-state index contributed by atoms with van der Waals surface area (Å²) in [5.41, 5.74) is 2.18. The molecule has 1 aliphatic rings. The fourth-order valence-corrected chi connectivity index (χ4v) is 4.61. The van der Waals surface area contributed by atoms with E-state index in [0.717, 1.165) is 12.1 Å². The number of aryl methyl sites for hydroxylation is 1. The summed E-state index contributed by atoms with van der Waals surface area (Å²) in [7, 11) is -1.39. The highest BCUT2D eigenvalue weighted by atomic mass is 32.2. The molecule has 0 radical (unpaired) electrons. The van der Waals surface area contributed by atoms with Crippen LogP contribution in [0.1, 0.15) is 23.6 Å². The van der Waals surface area contributed by atoms with Crippen molar-refractivity contribution in [2.45, 2.75) is 24.3 Å². The molecule has 6 heteroatoms. The Morgan fingerprint density at radius 1 is 1.04 bits per heavy atom. The number of hydrogen-bond acceptors (Lipinski definition) is 4. The van der Waals surface area contributed by atoms with Crippen molar-refractivity contribution in [2.24, 2.45) is 0 Å². The minimum atomic E-state index is -3.45. The first-order valence-corrected chi connectivity index (χ1v) is 10.8. The normalized spacial score (nSPS) is 18.4. The van der Waals surface area contributed by atoms with Crippen LogP contribution >= 0.6 is 0 Å². The number of likely N-dealkylation sites (N-methyl/N-ethyl adjacent to an activating group) is 1. The first-order chi connectivity index (χ1) is 12.9. The molecule has 2 aromatic rings. The summed E-state index contributed by atoms with van der Waals surface area (Å²) in [4.78, 5) is 17.0. The molecule has 3 rings (SSSR count). The molecule has 1 atom stereocenters. The standard InChI is InChI=1S/C21H26N2O3S/c1-17-8-10-19(11-9-17)27(25,26)15-12-21(24)23-14-13-22(2)20(16-23)18-6-4-3-5-7-18/h3-11,20H,12-16H2,1-2H3. The molecule has 144 valence electrons. The van der Waals surface area contributed by atoms with Crippen LogP contribution in [0.15, 0.2) is 59.5 Å². The van der Waals surface area contributed by atoms with Crippen LogP contribution in [0.4, 0.5) is 0 Å². The molecule has 0 spiro atoms. The molecule has 27 heavy (non-hydrogen) atoms. The van der Waals surface area contributed by atoms with E-state index in [2.05, 4.69) is 24.1 Å². The monoisotopic (exact) mass is 386 g/mol. The Bertz CT molecular complexity index is 879. The van der Waals surface area contributed by atoms with Crippen molar-refractivity contribution in [1.82, 2.24) is 9.80 Å². The Kier molecular flexibility index (Phi) is 5.97. The highest BCUT2D eigenvalue weighted by Gasteiger charge is 2.29. The maximum atomic E-state index is 12.7. The van der Waals surface area contributed by atoms with Gasteiger partial charge in [-0.2, -0.15) is 0 Å². The largest absolute Gasteiger partial charge is 0.339 e. The molecule has 0 bridgehead atoms. The number of amides is 1. The maximum Gasteiger partial charge on any atom is 0.223 e. The predicted octanol–water partition coefficient (Wildman–Crippen LogP) is 2.67. The van der Waals surface area contributed by atoms with Gasteiger partial charge >= 0.3 is 0 Å². The lowest BCUT2D eigenvalue weighted by Gasteiger charge is -2.39. The van der Waals surface area contributed by atoms with Crippen LogP contribution < -0.4 is 0 Å². The zero-order valence-corrected chi connectivity index (χ0v) is 16.7. The smallest absolute Gasteiger partial charge is 0.223 e. The minimum Gasteiger partial charge on any atom is -0.339 e. The summed E-state index contributed by atoms with van der Waals surface area (Å²) in [6.45, 7) is 3.90. The van der Waals surface area contributed by atoms with Gasteiger partial charge in [-0.1, -0.05) is 48.0 Å². The van der Waals surface area contributed by atoms with Crippen LogP contribution in [0.2, 0.25) is 0 Å². The molecule has 0 N–H and O–H groups in total. The average Bonchev–Trinajstić information content (AvgIpc) is 2.67. The van der Waals surface area contributed by atoms with Crippen molar-refractivity contribution < 1.29 is 13.2 Å². The van der Waals surface area contributed by atoms with Crippen molar-refractivity contribution in [3.05, 3.63) is 65.7 Å². The molecule has 1 heterocycles. The predicted molar refractivity (Wildman–Crippen MR) is 106 cm³/mol. The van der Waals surface area contributed by atoms with Crippen molar-refractivity contribution >= 4 is 15.7 Å².